The summed E-state index contributed by atoms with van der Waals surface area (Å²) in [6, 6.07) is 6.52. The van der Waals surface area contributed by atoms with Gasteiger partial charge in [0.25, 0.3) is 0 Å². The number of hydrogen-bond acceptors (Lipinski definition) is 5. The summed E-state index contributed by atoms with van der Waals surface area (Å²) in [5.74, 6) is 0.0230. The van der Waals surface area contributed by atoms with Crippen molar-refractivity contribution in [3.05, 3.63) is 53.1 Å². The van der Waals surface area contributed by atoms with Gasteiger partial charge in [-0.05, 0) is 55.8 Å². The predicted molar refractivity (Wildman–Crippen MR) is 78.4 cm³/mol. The Morgan fingerprint density at radius 1 is 1.05 bits per heavy atom. The number of rotatable bonds is 3. The lowest BCUT2D eigenvalue weighted by Gasteiger charge is -2.09. The zero-order valence-corrected chi connectivity index (χ0v) is 12.0. The van der Waals surface area contributed by atoms with Gasteiger partial charge in [0.2, 0.25) is 0 Å². The van der Waals surface area contributed by atoms with Crippen molar-refractivity contribution in [3.8, 4) is 5.75 Å². The van der Waals surface area contributed by atoms with E-state index in [9.17, 15) is 9.59 Å². The van der Waals surface area contributed by atoms with Crippen LogP contribution in [0.4, 0.5) is 0 Å². The number of benzene rings is 1. The molecule has 0 bridgehead atoms. The Labute approximate surface area is 122 Å². The van der Waals surface area contributed by atoms with Gasteiger partial charge in [-0.25, -0.2) is 4.79 Å². The molecule has 0 radical (unpaired) electrons. The summed E-state index contributed by atoms with van der Waals surface area (Å²) in [6.07, 6.45) is 2.94. The van der Waals surface area contributed by atoms with Crippen LogP contribution in [0, 0.1) is 0 Å². The van der Waals surface area contributed by atoms with E-state index in [2.05, 4.69) is 5.16 Å². The maximum absolute atomic E-state index is 11.9. The first kappa shape index (κ1) is 14.7. The molecule has 0 fully saturated rings. The Hall–Kier alpha value is -2.69. The van der Waals surface area contributed by atoms with Crippen molar-refractivity contribution in [2.45, 2.75) is 13.8 Å². The number of allylic oxidation sites excluding steroid dienone is 4. The molecule has 1 aromatic rings. The highest BCUT2D eigenvalue weighted by atomic mass is 16.7. The molecule has 1 aromatic carbocycles. The quantitative estimate of drug-likeness (QED) is 0.486. The van der Waals surface area contributed by atoms with Crippen LogP contribution >= 0.6 is 0 Å². The largest absolute Gasteiger partial charge is 0.497 e. The molecule has 108 valence electrons. The number of methoxy groups -OCH3 is 1. The van der Waals surface area contributed by atoms with Crippen molar-refractivity contribution in [1.29, 1.82) is 0 Å². The van der Waals surface area contributed by atoms with Crippen LogP contribution in [-0.2, 0) is 9.63 Å². The lowest BCUT2D eigenvalue weighted by Crippen LogP contribution is -2.12. The SMILES string of the molecule is COc1ccc(C(=O)O/N=C2/C=CC(=O)C(C)=C2C)cc1. The highest BCUT2D eigenvalue weighted by Gasteiger charge is 2.15. The van der Waals surface area contributed by atoms with E-state index in [0.717, 1.165) is 0 Å². The summed E-state index contributed by atoms with van der Waals surface area (Å²) < 4.78 is 5.01. The van der Waals surface area contributed by atoms with Gasteiger partial charge >= 0.3 is 5.97 Å². The average Bonchev–Trinajstić information content (AvgIpc) is 2.52. The zero-order chi connectivity index (χ0) is 15.4. The minimum atomic E-state index is -0.569. The van der Waals surface area contributed by atoms with E-state index >= 15 is 0 Å². The smallest absolute Gasteiger partial charge is 0.365 e. The van der Waals surface area contributed by atoms with Crippen molar-refractivity contribution in [3.63, 3.8) is 0 Å². The Kier molecular flexibility index (Phi) is 4.33. The standard InChI is InChI=1S/C16H15NO4/c1-10-11(2)15(18)9-8-14(10)17-21-16(19)12-4-6-13(20-3)7-5-12/h4-9H,1-3H3/b17-14-. The van der Waals surface area contributed by atoms with Crippen molar-refractivity contribution >= 4 is 17.5 Å². The van der Waals surface area contributed by atoms with Crippen LogP contribution in [0.5, 0.6) is 5.75 Å². The van der Waals surface area contributed by atoms with Gasteiger partial charge in [-0.1, -0.05) is 5.16 Å². The van der Waals surface area contributed by atoms with Gasteiger partial charge in [-0.2, -0.15) is 0 Å². The number of hydrogen-bond donors (Lipinski definition) is 0. The molecule has 0 heterocycles. The van der Waals surface area contributed by atoms with E-state index in [1.807, 2.05) is 0 Å². The molecule has 0 aromatic heterocycles. The number of oxime groups is 1. The van der Waals surface area contributed by atoms with Crippen molar-refractivity contribution in [1.82, 2.24) is 0 Å². The summed E-state index contributed by atoms with van der Waals surface area (Å²) in [7, 11) is 1.55. The highest BCUT2D eigenvalue weighted by molar-refractivity contribution is 6.21. The summed E-state index contributed by atoms with van der Waals surface area (Å²) in [5, 5.41) is 3.81. The topological polar surface area (TPSA) is 65.0 Å². The Bertz CT molecular complexity index is 666. The third-order valence-corrected chi connectivity index (χ3v) is 3.26. The van der Waals surface area contributed by atoms with Crippen LogP contribution in [0.2, 0.25) is 0 Å². The van der Waals surface area contributed by atoms with Gasteiger partial charge in [0.05, 0.1) is 12.7 Å². The summed E-state index contributed by atoms with van der Waals surface area (Å²) in [5.41, 5.74) is 2.13. The number of nitrogens with zero attached hydrogens (tertiary/aromatic N) is 1. The van der Waals surface area contributed by atoms with Crippen LogP contribution < -0.4 is 4.74 Å². The summed E-state index contributed by atoms with van der Waals surface area (Å²) in [4.78, 5) is 28.2. The Morgan fingerprint density at radius 2 is 1.71 bits per heavy atom. The molecule has 21 heavy (non-hydrogen) atoms. The minimum Gasteiger partial charge on any atom is -0.497 e. The van der Waals surface area contributed by atoms with Gasteiger partial charge in [-0.3, -0.25) is 4.79 Å². The lowest BCUT2D eigenvalue weighted by atomic mass is 9.97. The number of carbonyl (C=O) groups excluding carboxylic acids is 2. The summed E-state index contributed by atoms with van der Waals surface area (Å²) in [6.45, 7) is 3.47. The minimum absolute atomic E-state index is 0.0621. The molecule has 0 spiro atoms. The molecular weight excluding hydrogens is 270 g/mol. The second-order valence-corrected chi connectivity index (χ2v) is 4.53. The van der Waals surface area contributed by atoms with Crippen molar-refractivity contribution < 1.29 is 19.2 Å². The molecule has 5 nitrogen and oxygen atoms in total. The molecule has 1 aliphatic rings. The second kappa shape index (κ2) is 6.17. The maximum atomic E-state index is 11.9. The fourth-order valence-corrected chi connectivity index (χ4v) is 1.75. The van der Waals surface area contributed by atoms with Gasteiger partial charge in [0, 0.05) is 5.57 Å². The number of ketones is 1. The number of ether oxygens (including phenoxy) is 1. The monoisotopic (exact) mass is 285 g/mol. The first-order valence-corrected chi connectivity index (χ1v) is 6.36. The van der Waals surface area contributed by atoms with Gasteiger partial charge in [-0.15, -0.1) is 0 Å². The maximum Gasteiger partial charge on any atom is 0.365 e. The van der Waals surface area contributed by atoms with E-state index in [4.69, 9.17) is 9.57 Å². The fraction of sp³-hybridized carbons (Fsp3) is 0.188. The van der Waals surface area contributed by atoms with Crippen LogP contribution in [0.1, 0.15) is 24.2 Å². The molecule has 0 saturated heterocycles. The van der Waals surface area contributed by atoms with E-state index in [-0.39, 0.29) is 5.78 Å². The van der Waals surface area contributed by atoms with Crippen LogP contribution in [0.15, 0.2) is 52.7 Å². The molecule has 0 saturated carbocycles. The van der Waals surface area contributed by atoms with E-state index in [1.165, 1.54) is 12.2 Å². The van der Waals surface area contributed by atoms with Crippen molar-refractivity contribution in [2.75, 3.05) is 7.11 Å². The first-order chi connectivity index (χ1) is 10.0. The van der Waals surface area contributed by atoms with Crippen LogP contribution in [0.25, 0.3) is 0 Å². The zero-order valence-electron chi connectivity index (χ0n) is 12.0. The third-order valence-electron chi connectivity index (χ3n) is 3.26. The molecule has 0 aliphatic heterocycles. The Balaban J connectivity index is 2.11. The second-order valence-electron chi connectivity index (χ2n) is 4.53. The third kappa shape index (κ3) is 3.25. The Morgan fingerprint density at radius 3 is 2.33 bits per heavy atom. The molecule has 0 amide bonds. The fourth-order valence-electron chi connectivity index (χ4n) is 1.75. The van der Waals surface area contributed by atoms with Crippen LogP contribution in [0.3, 0.4) is 0 Å². The predicted octanol–water partition coefficient (Wildman–Crippen LogP) is 2.68. The molecule has 0 unspecified atom stereocenters. The van der Waals surface area contributed by atoms with Crippen LogP contribution in [-0.4, -0.2) is 24.6 Å². The van der Waals surface area contributed by atoms with E-state index in [0.29, 0.717) is 28.2 Å². The van der Waals surface area contributed by atoms with Gasteiger partial charge < -0.3 is 9.57 Å². The molecule has 0 atom stereocenters. The molecule has 5 heteroatoms. The van der Waals surface area contributed by atoms with Gasteiger partial charge in [0.1, 0.15) is 11.5 Å². The molecule has 2 rings (SSSR count). The first-order valence-electron chi connectivity index (χ1n) is 6.36. The van der Waals surface area contributed by atoms with E-state index < -0.39 is 5.97 Å². The lowest BCUT2D eigenvalue weighted by molar-refractivity contribution is -0.111. The van der Waals surface area contributed by atoms with Gasteiger partial charge in [0.15, 0.2) is 5.78 Å². The summed E-state index contributed by atoms with van der Waals surface area (Å²) >= 11 is 0. The average molecular weight is 285 g/mol. The van der Waals surface area contributed by atoms with E-state index in [1.54, 1.807) is 45.2 Å². The molecule has 1 aliphatic carbocycles. The van der Waals surface area contributed by atoms with Crippen molar-refractivity contribution in [2.24, 2.45) is 5.16 Å². The number of carbonyl (C=O) groups is 2. The highest BCUT2D eigenvalue weighted by Crippen LogP contribution is 2.15. The molecular formula is C16H15NO4. The normalized spacial score (nSPS) is 16.3. The molecule has 0 N–H and O–H groups in total.